The van der Waals surface area contributed by atoms with Crippen LogP contribution in [0.2, 0.25) is 0 Å². The van der Waals surface area contributed by atoms with Crippen molar-refractivity contribution in [2.45, 2.75) is 46.0 Å². The Morgan fingerprint density at radius 2 is 1.41 bits per heavy atom. The van der Waals surface area contributed by atoms with Crippen LogP contribution < -0.4 is 10.6 Å². The number of nitrogens with one attached hydrogen (secondary N) is 2. The average Bonchev–Trinajstić information content (AvgIpc) is 2.56. The van der Waals surface area contributed by atoms with Gasteiger partial charge in [-0.25, -0.2) is 0 Å². The van der Waals surface area contributed by atoms with Crippen molar-refractivity contribution >= 4 is 17.4 Å². The topological polar surface area (TPSA) is 58.2 Å². The zero-order valence-corrected chi connectivity index (χ0v) is 15.1. The van der Waals surface area contributed by atoms with E-state index in [2.05, 4.69) is 10.6 Å². The monoisotopic (exact) mass is 400 g/mol. The molecule has 10 heteroatoms. The lowest BCUT2D eigenvalue weighted by Crippen LogP contribution is -2.22. The van der Waals surface area contributed by atoms with Gasteiger partial charge in [-0.2, -0.15) is 26.3 Å². The Balaban J connectivity index is 0.000000713. The zero-order valence-electron chi connectivity index (χ0n) is 15.1. The molecule has 0 saturated carbocycles. The third-order valence-corrected chi connectivity index (χ3v) is 3.02. The van der Waals surface area contributed by atoms with Gasteiger partial charge in [0.25, 0.3) is 0 Å². The number of Topliss-reactive ketones (excluding diaryl/α,β-unsaturated/α-hetero) is 1. The van der Waals surface area contributed by atoms with Crippen molar-refractivity contribution in [2.24, 2.45) is 0 Å². The lowest BCUT2D eigenvalue weighted by molar-refractivity contribution is -0.143. The highest BCUT2D eigenvalue weighted by Gasteiger charge is 2.36. The summed E-state index contributed by atoms with van der Waals surface area (Å²) in [5.74, 6) is -0.266. The third-order valence-electron chi connectivity index (χ3n) is 3.02. The molecule has 27 heavy (non-hydrogen) atoms. The van der Waals surface area contributed by atoms with Crippen LogP contribution in [0, 0.1) is 0 Å². The van der Waals surface area contributed by atoms with Crippen LogP contribution in [-0.2, 0) is 21.9 Å². The van der Waals surface area contributed by atoms with Crippen LogP contribution in [0.15, 0.2) is 18.2 Å². The highest BCUT2D eigenvalue weighted by Crippen LogP contribution is 2.37. The maximum Gasteiger partial charge on any atom is 0.416 e. The summed E-state index contributed by atoms with van der Waals surface area (Å²) < 4.78 is 74.8. The molecule has 0 heterocycles. The molecule has 1 aromatic rings. The van der Waals surface area contributed by atoms with E-state index in [0.717, 1.165) is 19.9 Å². The van der Waals surface area contributed by atoms with Crippen molar-refractivity contribution < 1.29 is 35.9 Å². The predicted octanol–water partition coefficient (Wildman–Crippen LogP) is 4.65. The standard InChI is InChI=1S/C11H9F6NO.C6H13NO/c1-6(19)5-18-9-3-7(10(12,13)14)2-8(4-9)11(15,16)17;1-3-5-7-6(8)4-2/h2-4,18H,5H2,1H3;3-5H2,1-2H3,(H,7,8). The molecule has 0 unspecified atom stereocenters. The van der Waals surface area contributed by atoms with Gasteiger partial charge < -0.3 is 10.6 Å². The van der Waals surface area contributed by atoms with Crippen molar-refractivity contribution in [3.63, 3.8) is 0 Å². The number of hydrogen-bond acceptors (Lipinski definition) is 3. The fourth-order valence-electron chi connectivity index (χ4n) is 1.67. The second-order valence-electron chi connectivity index (χ2n) is 5.55. The van der Waals surface area contributed by atoms with Gasteiger partial charge in [-0.3, -0.25) is 9.59 Å². The molecule has 154 valence electrons. The smallest absolute Gasteiger partial charge is 0.378 e. The molecule has 0 aromatic heterocycles. The van der Waals surface area contributed by atoms with Gasteiger partial charge in [0.05, 0.1) is 17.7 Å². The minimum absolute atomic E-state index is 0.0267. The van der Waals surface area contributed by atoms with Crippen molar-refractivity contribution in [2.75, 3.05) is 18.4 Å². The van der Waals surface area contributed by atoms with E-state index in [1.807, 2.05) is 13.8 Å². The first-order valence-corrected chi connectivity index (χ1v) is 8.10. The number of carbonyl (C=O) groups excluding carboxylic acids is 2. The van der Waals surface area contributed by atoms with Gasteiger partial charge in [0, 0.05) is 18.7 Å². The van der Waals surface area contributed by atoms with Crippen LogP contribution in [0.5, 0.6) is 0 Å². The first-order chi connectivity index (χ1) is 12.3. The van der Waals surface area contributed by atoms with Gasteiger partial charge in [0.1, 0.15) is 5.78 Å². The Hall–Kier alpha value is -2.26. The molecule has 4 nitrogen and oxygen atoms in total. The summed E-state index contributed by atoms with van der Waals surface area (Å²) >= 11 is 0. The molecule has 0 aliphatic rings. The SMILES string of the molecule is CC(=O)CNc1cc(C(F)(F)F)cc(C(F)(F)F)c1.CCCNC(=O)CC. The number of hydrogen-bond donors (Lipinski definition) is 2. The average molecular weight is 400 g/mol. The van der Waals surface area contributed by atoms with Crippen LogP contribution in [0.3, 0.4) is 0 Å². The first-order valence-electron chi connectivity index (χ1n) is 8.10. The van der Waals surface area contributed by atoms with E-state index in [1.165, 1.54) is 0 Å². The predicted molar refractivity (Wildman–Crippen MR) is 89.2 cm³/mol. The fourth-order valence-corrected chi connectivity index (χ4v) is 1.67. The molecule has 0 fully saturated rings. The number of anilines is 1. The highest BCUT2D eigenvalue weighted by molar-refractivity contribution is 5.80. The van der Waals surface area contributed by atoms with Gasteiger partial charge in [0.2, 0.25) is 5.91 Å². The first kappa shape index (κ1) is 24.7. The van der Waals surface area contributed by atoms with E-state index in [0.29, 0.717) is 18.6 Å². The van der Waals surface area contributed by atoms with Crippen LogP contribution in [0.4, 0.5) is 32.0 Å². The minimum Gasteiger partial charge on any atom is -0.378 e. The minimum atomic E-state index is -4.89. The number of benzene rings is 1. The van der Waals surface area contributed by atoms with Gasteiger partial charge in [-0.1, -0.05) is 13.8 Å². The molecular weight excluding hydrogens is 378 g/mol. The summed E-state index contributed by atoms with van der Waals surface area (Å²) in [7, 11) is 0. The number of alkyl halides is 6. The van der Waals surface area contributed by atoms with Crippen molar-refractivity contribution in [3.05, 3.63) is 29.3 Å². The summed E-state index contributed by atoms with van der Waals surface area (Å²) in [6, 6.07) is 1.08. The molecule has 0 aliphatic carbocycles. The van der Waals surface area contributed by atoms with Gasteiger partial charge in [0.15, 0.2) is 0 Å². The number of amides is 1. The van der Waals surface area contributed by atoms with Crippen LogP contribution in [-0.4, -0.2) is 24.8 Å². The maximum atomic E-state index is 12.5. The number of halogens is 6. The summed E-state index contributed by atoms with van der Waals surface area (Å²) in [4.78, 5) is 21.1. The molecule has 1 aromatic carbocycles. The molecular formula is C17H22F6N2O2. The van der Waals surface area contributed by atoms with Crippen LogP contribution >= 0.6 is 0 Å². The summed E-state index contributed by atoms with van der Waals surface area (Å²) in [6.45, 7) is 5.51. The summed E-state index contributed by atoms with van der Waals surface area (Å²) in [6.07, 6.45) is -8.17. The van der Waals surface area contributed by atoms with Crippen molar-refractivity contribution in [3.8, 4) is 0 Å². The second-order valence-corrected chi connectivity index (χ2v) is 5.55. The normalized spacial score (nSPS) is 11.3. The molecule has 1 rings (SSSR count). The Labute approximate surface area is 153 Å². The van der Waals surface area contributed by atoms with E-state index >= 15 is 0 Å². The molecule has 1 amide bonds. The van der Waals surface area contributed by atoms with Crippen LogP contribution in [0.1, 0.15) is 44.7 Å². The van der Waals surface area contributed by atoms with E-state index in [4.69, 9.17) is 0 Å². The second kappa shape index (κ2) is 10.8. The number of carbonyl (C=O) groups is 2. The van der Waals surface area contributed by atoms with Crippen molar-refractivity contribution in [1.82, 2.24) is 5.32 Å². The van der Waals surface area contributed by atoms with Gasteiger partial charge >= 0.3 is 12.4 Å². The molecule has 0 atom stereocenters. The van der Waals surface area contributed by atoms with Gasteiger partial charge in [-0.05, 0) is 31.5 Å². The van der Waals surface area contributed by atoms with E-state index in [-0.39, 0.29) is 18.5 Å². The van der Waals surface area contributed by atoms with E-state index < -0.39 is 35.0 Å². The molecule has 2 N–H and O–H groups in total. The quantitative estimate of drug-likeness (QED) is 0.684. The van der Waals surface area contributed by atoms with E-state index in [1.54, 1.807) is 0 Å². The molecule has 0 radical (unpaired) electrons. The highest BCUT2D eigenvalue weighted by atomic mass is 19.4. The fraction of sp³-hybridized carbons (Fsp3) is 0.529. The molecule has 0 aliphatic heterocycles. The Bertz CT molecular complexity index is 595. The molecule has 0 spiro atoms. The Morgan fingerprint density at radius 1 is 0.926 bits per heavy atom. The lowest BCUT2D eigenvalue weighted by Gasteiger charge is -2.14. The zero-order chi connectivity index (χ0) is 21.3. The number of rotatable bonds is 6. The maximum absolute atomic E-state index is 12.5. The van der Waals surface area contributed by atoms with E-state index in [9.17, 15) is 35.9 Å². The Morgan fingerprint density at radius 3 is 1.74 bits per heavy atom. The third kappa shape index (κ3) is 10.5. The van der Waals surface area contributed by atoms with Crippen molar-refractivity contribution in [1.29, 1.82) is 0 Å². The molecule has 0 bridgehead atoms. The number of ketones is 1. The largest absolute Gasteiger partial charge is 0.416 e. The summed E-state index contributed by atoms with van der Waals surface area (Å²) in [5.41, 5.74) is -3.25. The Kier molecular flexibility index (Phi) is 9.88. The lowest BCUT2D eigenvalue weighted by atomic mass is 10.1. The van der Waals surface area contributed by atoms with Crippen LogP contribution in [0.25, 0.3) is 0 Å². The molecule has 0 saturated heterocycles. The van der Waals surface area contributed by atoms with Gasteiger partial charge in [-0.15, -0.1) is 0 Å². The summed E-state index contributed by atoms with van der Waals surface area (Å²) in [5, 5.41) is 4.96.